The van der Waals surface area contributed by atoms with Gasteiger partial charge in [0.2, 0.25) is 10.0 Å². The number of halogens is 3. The Morgan fingerprint density at radius 3 is 1.95 bits per heavy atom. The number of ether oxygens (including phenoxy) is 1. The van der Waals surface area contributed by atoms with Gasteiger partial charge in [0.25, 0.3) is 0 Å². The summed E-state index contributed by atoms with van der Waals surface area (Å²) in [6.45, 7) is 0. The van der Waals surface area contributed by atoms with Gasteiger partial charge in [-0.3, -0.25) is 0 Å². The van der Waals surface area contributed by atoms with E-state index in [4.69, 9.17) is 39.5 Å². The van der Waals surface area contributed by atoms with E-state index >= 15 is 0 Å². The molecule has 0 bridgehead atoms. The summed E-state index contributed by atoms with van der Waals surface area (Å²) in [6, 6.07) is 33.3. The molecule has 0 saturated carbocycles. The average Bonchev–Trinajstić information content (AvgIpc) is 3.32. The first-order chi connectivity index (χ1) is 17.8. The number of methoxy groups -OCH3 is 1. The lowest BCUT2D eigenvalue weighted by molar-refractivity contribution is 0.413. The van der Waals surface area contributed by atoms with Crippen molar-refractivity contribution in [2.75, 3.05) is 7.11 Å². The molecule has 1 atom stereocenters. The summed E-state index contributed by atoms with van der Waals surface area (Å²) >= 11 is 14.4. The Morgan fingerprint density at radius 2 is 1.32 bits per heavy atom. The van der Waals surface area contributed by atoms with Crippen LogP contribution in [0.4, 0.5) is 0 Å². The monoisotopic (exact) mass is 569 g/mol. The van der Waals surface area contributed by atoms with E-state index in [0.717, 1.165) is 39.0 Å². The fourth-order valence-corrected chi connectivity index (χ4v) is 6.82. The Labute approximate surface area is 231 Å². The third-order valence-corrected chi connectivity index (χ3v) is 8.03. The van der Waals surface area contributed by atoms with Crippen molar-refractivity contribution in [3.63, 3.8) is 0 Å². The molecular formula is C29H22Cl3NO3S. The van der Waals surface area contributed by atoms with Crippen LogP contribution >= 0.6 is 34.8 Å². The van der Waals surface area contributed by atoms with Crippen molar-refractivity contribution < 1.29 is 13.2 Å². The van der Waals surface area contributed by atoms with Crippen LogP contribution in [-0.2, 0) is 15.6 Å². The van der Waals surface area contributed by atoms with Gasteiger partial charge in [0.15, 0.2) is 4.30 Å². The number of nitrogens with one attached hydrogen (secondary N) is 1. The molecule has 6 rings (SSSR count). The summed E-state index contributed by atoms with van der Waals surface area (Å²) in [5.41, 5.74) is 5.45. The zero-order valence-corrected chi connectivity index (χ0v) is 22.7. The molecule has 8 heteroatoms. The largest absolute Gasteiger partial charge is 0.497 e. The minimum absolute atomic E-state index is 0.307. The standard InChI is InChI=1S/C28H21NO3S.CHCl3/c1-32-21-16-17-22-24(18-21)28(23-14-8-9-15-25(23)33(30,31)29-28)27(20-12-6-3-7-13-20)26(22)19-10-4-2-5-11-19;2-1(3)4/h2-18,29H,1H3;1H/t28-;/m1./s1. The van der Waals surface area contributed by atoms with E-state index in [0.29, 0.717) is 10.6 Å². The number of benzene rings is 4. The van der Waals surface area contributed by atoms with E-state index in [1.807, 2.05) is 78.9 Å². The fraction of sp³-hybridized carbons (Fsp3) is 0.103. The molecular weight excluding hydrogens is 549 g/mol. The molecule has 1 heterocycles. The Kier molecular flexibility index (Phi) is 7.10. The highest BCUT2D eigenvalue weighted by Gasteiger charge is 2.55. The van der Waals surface area contributed by atoms with Gasteiger partial charge in [0.05, 0.1) is 12.0 Å². The van der Waals surface area contributed by atoms with Crippen LogP contribution in [-0.4, -0.2) is 19.8 Å². The van der Waals surface area contributed by atoms with E-state index in [-0.39, 0.29) is 0 Å². The Balaban J connectivity index is 0.000000655. The lowest BCUT2D eigenvalue weighted by Crippen LogP contribution is -2.40. The van der Waals surface area contributed by atoms with E-state index in [9.17, 15) is 8.42 Å². The minimum atomic E-state index is -3.73. The zero-order chi connectivity index (χ0) is 26.2. The van der Waals surface area contributed by atoms with Gasteiger partial charge in [-0.25, -0.2) is 8.42 Å². The third-order valence-electron chi connectivity index (χ3n) is 6.52. The molecule has 188 valence electrons. The molecule has 0 aromatic heterocycles. The van der Waals surface area contributed by atoms with Crippen LogP contribution in [0.3, 0.4) is 0 Å². The molecule has 2 aliphatic rings. The van der Waals surface area contributed by atoms with Crippen molar-refractivity contribution in [2.24, 2.45) is 0 Å². The predicted molar refractivity (Wildman–Crippen MR) is 151 cm³/mol. The third kappa shape index (κ3) is 4.45. The van der Waals surface area contributed by atoms with E-state index < -0.39 is 19.9 Å². The number of hydrogen-bond acceptors (Lipinski definition) is 3. The van der Waals surface area contributed by atoms with Crippen LogP contribution in [0.2, 0.25) is 0 Å². The van der Waals surface area contributed by atoms with E-state index in [1.165, 1.54) is 0 Å². The first-order valence-corrected chi connectivity index (χ1v) is 14.2. The van der Waals surface area contributed by atoms with E-state index in [1.54, 1.807) is 19.2 Å². The average molecular weight is 571 g/mol. The molecule has 0 fully saturated rings. The highest BCUT2D eigenvalue weighted by atomic mass is 35.6. The van der Waals surface area contributed by atoms with Crippen LogP contribution in [0.1, 0.15) is 27.8 Å². The molecule has 4 nitrogen and oxygen atoms in total. The zero-order valence-electron chi connectivity index (χ0n) is 19.7. The van der Waals surface area contributed by atoms with Gasteiger partial charge in [0.1, 0.15) is 11.3 Å². The van der Waals surface area contributed by atoms with Crippen LogP contribution in [0, 0.1) is 0 Å². The van der Waals surface area contributed by atoms with Gasteiger partial charge in [-0.2, -0.15) is 4.72 Å². The summed E-state index contributed by atoms with van der Waals surface area (Å²) in [4.78, 5) is 0.307. The van der Waals surface area contributed by atoms with Crippen LogP contribution in [0.15, 0.2) is 108 Å². The maximum absolute atomic E-state index is 13.4. The lowest BCUT2D eigenvalue weighted by Gasteiger charge is -2.30. The van der Waals surface area contributed by atoms with Gasteiger partial charge < -0.3 is 4.74 Å². The van der Waals surface area contributed by atoms with Gasteiger partial charge in [0, 0.05) is 5.56 Å². The van der Waals surface area contributed by atoms with Crippen molar-refractivity contribution in [1.82, 2.24) is 4.72 Å². The summed E-state index contributed by atoms with van der Waals surface area (Å²) in [5, 5.41) is 0. The summed E-state index contributed by atoms with van der Waals surface area (Å²) in [6.07, 6.45) is 0. The number of alkyl halides is 3. The Bertz CT molecular complexity index is 1590. The molecule has 0 amide bonds. The quantitative estimate of drug-likeness (QED) is 0.265. The molecule has 1 aliphatic carbocycles. The van der Waals surface area contributed by atoms with Crippen LogP contribution in [0.25, 0.3) is 11.1 Å². The molecule has 0 unspecified atom stereocenters. The Morgan fingerprint density at radius 1 is 0.757 bits per heavy atom. The molecule has 1 N–H and O–H groups in total. The van der Waals surface area contributed by atoms with Gasteiger partial charge >= 0.3 is 0 Å². The van der Waals surface area contributed by atoms with Crippen LogP contribution < -0.4 is 9.46 Å². The highest BCUT2D eigenvalue weighted by Crippen LogP contribution is 2.59. The molecule has 37 heavy (non-hydrogen) atoms. The number of rotatable bonds is 3. The second kappa shape index (κ2) is 10.2. The summed E-state index contributed by atoms with van der Waals surface area (Å²) < 4.78 is 34.8. The predicted octanol–water partition coefficient (Wildman–Crippen LogP) is 7.19. The minimum Gasteiger partial charge on any atom is -0.497 e. The van der Waals surface area contributed by atoms with Gasteiger partial charge in [-0.15, -0.1) is 0 Å². The Hall–Kier alpha value is -2.80. The second-order valence-electron chi connectivity index (χ2n) is 8.49. The normalized spacial score (nSPS) is 18.8. The topological polar surface area (TPSA) is 55.4 Å². The maximum Gasteiger partial charge on any atom is 0.242 e. The summed E-state index contributed by atoms with van der Waals surface area (Å²) in [5.74, 6) is 0.679. The first-order valence-electron chi connectivity index (χ1n) is 11.4. The summed E-state index contributed by atoms with van der Waals surface area (Å²) in [7, 11) is -2.11. The first kappa shape index (κ1) is 25.8. The van der Waals surface area contributed by atoms with Gasteiger partial charge in [-0.1, -0.05) is 120 Å². The van der Waals surface area contributed by atoms with Crippen molar-refractivity contribution in [3.8, 4) is 5.75 Å². The van der Waals surface area contributed by atoms with Gasteiger partial charge in [-0.05, 0) is 51.6 Å². The lowest BCUT2D eigenvalue weighted by atomic mass is 9.77. The smallest absolute Gasteiger partial charge is 0.242 e. The van der Waals surface area contributed by atoms with Crippen molar-refractivity contribution >= 4 is 56.0 Å². The number of hydrogen-bond donors (Lipinski definition) is 1. The molecule has 4 aromatic carbocycles. The molecule has 1 aliphatic heterocycles. The molecule has 1 spiro atoms. The SMILES string of the molecule is COc1ccc2c(c1)[C@@]1(NS(=O)(=O)c3ccccc31)C(c1ccccc1)=C2c1ccccc1.ClC(Cl)Cl. The second-order valence-corrected chi connectivity index (χ2v) is 12.1. The molecule has 0 saturated heterocycles. The fourth-order valence-electron chi connectivity index (χ4n) is 5.21. The molecule has 4 aromatic rings. The van der Waals surface area contributed by atoms with Crippen LogP contribution in [0.5, 0.6) is 5.75 Å². The highest BCUT2D eigenvalue weighted by molar-refractivity contribution is 7.90. The number of sulfonamides is 1. The van der Waals surface area contributed by atoms with Crippen molar-refractivity contribution in [2.45, 2.75) is 14.7 Å². The van der Waals surface area contributed by atoms with E-state index in [2.05, 4.69) is 16.9 Å². The number of fused-ring (bicyclic) bond motifs is 4. The van der Waals surface area contributed by atoms with Crippen molar-refractivity contribution in [1.29, 1.82) is 0 Å². The van der Waals surface area contributed by atoms with Crippen molar-refractivity contribution in [3.05, 3.63) is 131 Å². The maximum atomic E-state index is 13.4. The molecule has 0 radical (unpaired) electrons.